The summed E-state index contributed by atoms with van der Waals surface area (Å²) in [4.78, 5) is 57.3. The van der Waals surface area contributed by atoms with E-state index in [0.717, 1.165) is 0 Å². The Bertz CT molecular complexity index is 1050. The highest BCUT2D eigenvalue weighted by Crippen LogP contribution is 2.33. The maximum atomic E-state index is 12.6. The molecule has 214 valence electrons. The van der Waals surface area contributed by atoms with Crippen molar-refractivity contribution in [2.24, 2.45) is 4.99 Å². The lowest BCUT2D eigenvalue weighted by molar-refractivity contribution is -0.145. The van der Waals surface area contributed by atoms with Gasteiger partial charge in [0.05, 0.1) is 37.6 Å². The van der Waals surface area contributed by atoms with Gasteiger partial charge in [0.25, 0.3) is 0 Å². The molecule has 1 aliphatic rings. The highest BCUT2D eigenvalue weighted by Gasteiger charge is 2.31. The number of carboxylic acid groups (broad SMARTS) is 4. The zero-order valence-corrected chi connectivity index (χ0v) is 22.4. The second-order valence-corrected chi connectivity index (χ2v) is 9.10. The largest absolute Gasteiger partial charge is 0.496 e. The Morgan fingerprint density at radius 1 is 0.846 bits per heavy atom. The SMILES string of the molecule is COc1cc(N=C=S)ccc1C(C(=O)O)N1CCN(CC(=O)O)CCN(CC(=O)O)CCN(CC(=O)O)CC1. The van der Waals surface area contributed by atoms with E-state index < -0.39 is 29.9 Å². The molecule has 0 saturated carbocycles. The molecule has 1 heterocycles. The highest BCUT2D eigenvalue weighted by molar-refractivity contribution is 7.78. The number of isothiocyanates is 1. The van der Waals surface area contributed by atoms with Crippen molar-refractivity contribution in [2.45, 2.75) is 6.04 Å². The molecule has 1 atom stereocenters. The smallest absolute Gasteiger partial charge is 0.325 e. The van der Waals surface area contributed by atoms with Crippen LogP contribution in [0.4, 0.5) is 5.69 Å². The average Bonchev–Trinajstić information content (AvgIpc) is 2.85. The molecular formula is C24H33N5O9S. The number of aliphatic carboxylic acids is 4. The van der Waals surface area contributed by atoms with Crippen LogP contribution in [0, 0.1) is 0 Å². The quantitative estimate of drug-likeness (QED) is 0.207. The topological polar surface area (TPSA) is 184 Å². The van der Waals surface area contributed by atoms with Crippen LogP contribution in [0.2, 0.25) is 0 Å². The number of carbonyl (C=O) groups is 4. The number of nitrogens with zero attached hydrogens (tertiary/aromatic N) is 5. The fourth-order valence-electron chi connectivity index (χ4n) is 4.39. The van der Waals surface area contributed by atoms with Crippen molar-refractivity contribution in [1.82, 2.24) is 19.6 Å². The summed E-state index contributed by atoms with van der Waals surface area (Å²) in [6.45, 7) is 0.609. The van der Waals surface area contributed by atoms with Gasteiger partial charge in [-0.15, -0.1) is 0 Å². The van der Waals surface area contributed by atoms with Gasteiger partial charge in [0.2, 0.25) is 0 Å². The van der Waals surface area contributed by atoms with Crippen molar-refractivity contribution in [1.29, 1.82) is 0 Å². The van der Waals surface area contributed by atoms with Crippen LogP contribution in [-0.2, 0) is 19.2 Å². The van der Waals surface area contributed by atoms with Crippen molar-refractivity contribution < 1.29 is 44.3 Å². The molecule has 1 fully saturated rings. The van der Waals surface area contributed by atoms with Crippen LogP contribution < -0.4 is 4.74 Å². The van der Waals surface area contributed by atoms with Crippen LogP contribution in [-0.4, -0.2) is 148 Å². The number of rotatable bonds is 11. The van der Waals surface area contributed by atoms with E-state index in [9.17, 15) is 39.6 Å². The molecule has 4 N–H and O–H groups in total. The van der Waals surface area contributed by atoms with Crippen molar-refractivity contribution in [2.75, 3.05) is 79.1 Å². The van der Waals surface area contributed by atoms with E-state index in [4.69, 9.17) is 4.74 Å². The molecule has 1 unspecified atom stereocenters. The maximum Gasteiger partial charge on any atom is 0.325 e. The third kappa shape index (κ3) is 10.7. The van der Waals surface area contributed by atoms with Gasteiger partial charge in [0, 0.05) is 64.0 Å². The summed E-state index contributed by atoms with van der Waals surface area (Å²) >= 11 is 4.64. The normalized spacial score (nSPS) is 17.7. The van der Waals surface area contributed by atoms with Crippen molar-refractivity contribution in [3.8, 4) is 5.75 Å². The predicted octanol–water partition coefficient (Wildman–Crippen LogP) is 0.0306. The lowest BCUT2D eigenvalue weighted by Crippen LogP contribution is -2.49. The molecule has 15 heteroatoms. The zero-order chi connectivity index (χ0) is 28.9. The Balaban J connectivity index is 2.45. The number of aliphatic imine (C=N–C) groups is 1. The summed E-state index contributed by atoms with van der Waals surface area (Å²) in [5.74, 6) is -4.11. The standard InChI is InChI=1S/C24H33N5O9S/c1-38-19-12-17(25-16-39)2-3-18(19)23(24(36)37)29-10-8-27(14-21(32)33)6-4-26(13-20(30)31)5-7-28(9-11-29)15-22(34)35/h2-3,12,23H,4-11,13-15H2,1H3,(H,30,31)(H,32,33)(H,34,35)(H,36,37). The fraction of sp³-hybridized carbons (Fsp3) is 0.542. The second kappa shape index (κ2) is 15.8. The van der Waals surface area contributed by atoms with Crippen LogP contribution in [0.25, 0.3) is 0 Å². The van der Waals surface area contributed by atoms with E-state index in [0.29, 0.717) is 11.3 Å². The Morgan fingerprint density at radius 3 is 1.64 bits per heavy atom. The van der Waals surface area contributed by atoms with Crippen LogP contribution in [0.15, 0.2) is 23.2 Å². The van der Waals surface area contributed by atoms with E-state index in [1.54, 1.807) is 31.7 Å². The van der Waals surface area contributed by atoms with E-state index >= 15 is 0 Å². The first-order chi connectivity index (χ1) is 18.5. The molecule has 1 saturated heterocycles. The van der Waals surface area contributed by atoms with Gasteiger partial charge in [0.1, 0.15) is 11.8 Å². The predicted molar refractivity (Wildman–Crippen MR) is 142 cm³/mol. The summed E-state index contributed by atoms with van der Waals surface area (Å²) in [6, 6.07) is 3.47. The average molecular weight is 568 g/mol. The lowest BCUT2D eigenvalue weighted by atomic mass is 10.0. The Hall–Kier alpha value is -3.46. The molecule has 1 aromatic rings. The first-order valence-electron chi connectivity index (χ1n) is 12.1. The molecular weight excluding hydrogens is 534 g/mol. The Labute approximate surface area is 230 Å². The fourth-order valence-corrected chi connectivity index (χ4v) is 4.50. The van der Waals surface area contributed by atoms with E-state index in [2.05, 4.69) is 22.4 Å². The number of thiocarbonyl (C=S) groups is 1. The van der Waals surface area contributed by atoms with Crippen molar-refractivity contribution in [3.05, 3.63) is 23.8 Å². The summed E-state index contributed by atoms with van der Waals surface area (Å²) in [5.41, 5.74) is 0.761. The molecule has 39 heavy (non-hydrogen) atoms. The van der Waals surface area contributed by atoms with E-state index in [1.165, 1.54) is 13.2 Å². The van der Waals surface area contributed by atoms with Gasteiger partial charge < -0.3 is 25.2 Å². The van der Waals surface area contributed by atoms with Gasteiger partial charge in [-0.2, -0.15) is 4.99 Å². The summed E-state index contributed by atoms with van der Waals surface area (Å²) < 4.78 is 5.44. The minimum Gasteiger partial charge on any atom is -0.496 e. The summed E-state index contributed by atoms with van der Waals surface area (Å²) in [7, 11) is 1.39. The molecule has 14 nitrogen and oxygen atoms in total. The second-order valence-electron chi connectivity index (χ2n) is 8.92. The number of ether oxygens (including phenoxy) is 1. The number of hydrogen-bond donors (Lipinski definition) is 4. The summed E-state index contributed by atoms with van der Waals surface area (Å²) in [6.07, 6.45) is 0. The van der Waals surface area contributed by atoms with Gasteiger partial charge in [-0.05, 0) is 18.3 Å². The summed E-state index contributed by atoms with van der Waals surface area (Å²) in [5, 5.41) is 40.6. The molecule has 0 bridgehead atoms. The zero-order valence-electron chi connectivity index (χ0n) is 21.6. The molecule has 0 radical (unpaired) electrons. The Kier molecular flexibility index (Phi) is 12.9. The van der Waals surface area contributed by atoms with Crippen molar-refractivity contribution in [3.63, 3.8) is 0 Å². The van der Waals surface area contributed by atoms with E-state index in [-0.39, 0.29) is 77.7 Å². The maximum absolute atomic E-state index is 12.6. The first-order valence-corrected chi connectivity index (χ1v) is 12.5. The van der Waals surface area contributed by atoms with Crippen molar-refractivity contribution >= 4 is 46.9 Å². The number of benzene rings is 1. The van der Waals surface area contributed by atoms with Gasteiger partial charge in [0.15, 0.2) is 0 Å². The van der Waals surface area contributed by atoms with Crippen LogP contribution in [0.5, 0.6) is 5.75 Å². The van der Waals surface area contributed by atoms with Gasteiger partial charge in [-0.25, -0.2) is 0 Å². The number of hydrogen-bond acceptors (Lipinski definition) is 11. The van der Waals surface area contributed by atoms with E-state index in [1.807, 2.05) is 0 Å². The number of carboxylic acids is 4. The molecule has 2 rings (SSSR count). The van der Waals surface area contributed by atoms with Crippen LogP contribution >= 0.6 is 12.2 Å². The molecule has 0 spiro atoms. The van der Waals surface area contributed by atoms with Gasteiger partial charge in [-0.3, -0.25) is 38.8 Å². The van der Waals surface area contributed by atoms with Gasteiger partial charge in [-0.1, -0.05) is 6.07 Å². The van der Waals surface area contributed by atoms with Crippen LogP contribution in [0.1, 0.15) is 11.6 Å². The minimum absolute atomic E-state index is 0.132. The minimum atomic E-state index is -1.20. The Morgan fingerprint density at radius 2 is 1.28 bits per heavy atom. The third-order valence-corrected chi connectivity index (χ3v) is 6.33. The number of methoxy groups -OCH3 is 1. The molecule has 0 amide bonds. The monoisotopic (exact) mass is 567 g/mol. The van der Waals surface area contributed by atoms with Gasteiger partial charge >= 0.3 is 23.9 Å². The lowest BCUT2D eigenvalue weighted by Gasteiger charge is -2.35. The molecule has 0 aliphatic carbocycles. The molecule has 0 aromatic heterocycles. The molecule has 1 aliphatic heterocycles. The highest BCUT2D eigenvalue weighted by atomic mass is 32.1. The van der Waals surface area contributed by atoms with Crippen LogP contribution in [0.3, 0.4) is 0 Å². The molecule has 1 aromatic carbocycles. The first kappa shape index (κ1) is 31.8. The third-order valence-electron chi connectivity index (χ3n) is 6.23.